The number of pyridine rings is 1. The quantitative estimate of drug-likeness (QED) is 0.516. The Balaban J connectivity index is 1.22. The van der Waals surface area contributed by atoms with Gasteiger partial charge in [0.1, 0.15) is 4.83 Å². The number of aromatic amines is 1. The van der Waals surface area contributed by atoms with E-state index in [4.69, 9.17) is 0 Å². The van der Waals surface area contributed by atoms with Gasteiger partial charge >= 0.3 is 6.03 Å². The smallest absolute Gasteiger partial charge is 0.317 e. The predicted octanol–water partition coefficient (Wildman–Crippen LogP) is 4.83. The van der Waals surface area contributed by atoms with Gasteiger partial charge in [-0.1, -0.05) is 6.92 Å². The van der Waals surface area contributed by atoms with Crippen molar-refractivity contribution in [2.24, 2.45) is 0 Å². The lowest BCUT2D eigenvalue weighted by atomic mass is 9.89. The van der Waals surface area contributed by atoms with Crippen molar-refractivity contribution in [1.29, 1.82) is 0 Å². The number of hydrogen-bond donors (Lipinski definition) is 2. The number of carbonyl (C=O) groups is 2. The lowest BCUT2D eigenvalue weighted by molar-refractivity contribution is -0.135. The van der Waals surface area contributed by atoms with Crippen LogP contribution in [-0.2, 0) is 10.2 Å². The molecule has 0 saturated carbocycles. The second kappa shape index (κ2) is 9.64. The molecular weight excluding hydrogens is 458 g/mol. The molecular formula is C27H35N5O2S. The predicted molar refractivity (Wildman–Crippen MR) is 140 cm³/mol. The maximum Gasteiger partial charge on any atom is 0.317 e. The molecule has 2 fully saturated rings. The lowest BCUT2D eigenvalue weighted by Crippen LogP contribution is -2.41. The Morgan fingerprint density at radius 2 is 1.94 bits per heavy atom. The summed E-state index contributed by atoms with van der Waals surface area (Å²) in [6, 6.07) is 6.27. The highest BCUT2D eigenvalue weighted by Crippen LogP contribution is 2.39. The summed E-state index contributed by atoms with van der Waals surface area (Å²) >= 11 is 1.67. The van der Waals surface area contributed by atoms with E-state index < -0.39 is 5.41 Å². The van der Waals surface area contributed by atoms with Gasteiger partial charge in [0.25, 0.3) is 0 Å². The molecule has 0 aliphatic carbocycles. The molecule has 2 aliphatic heterocycles. The van der Waals surface area contributed by atoms with Crippen LogP contribution in [0.5, 0.6) is 0 Å². The standard InChI is InChI=1S/C27H35N5O2S/c1-18(15-30-26(34)32-13-8-20(17-32)19-6-9-28-10-7-19)22-16-29-24-21(22)14-23(35-24)27(2,3)25(33)31-11-4-5-12-31/h6-7,9-10,14,16,18,20,29H,4-5,8,11-13,15,17H2,1-3H3,(H,30,34)/t18-,20?/m0/s1. The second-order valence-corrected chi connectivity index (χ2v) is 11.6. The van der Waals surface area contributed by atoms with Crippen molar-refractivity contribution in [3.8, 4) is 0 Å². The highest BCUT2D eigenvalue weighted by atomic mass is 32.1. The van der Waals surface area contributed by atoms with Gasteiger partial charge in [0.05, 0.1) is 5.41 Å². The van der Waals surface area contributed by atoms with Gasteiger partial charge in [0.15, 0.2) is 0 Å². The molecule has 7 nitrogen and oxygen atoms in total. The Hall–Kier alpha value is -2.87. The molecule has 0 bridgehead atoms. The average molecular weight is 494 g/mol. The maximum absolute atomic E-state index is 13.2. The zero-order valence-corrected chi connectivity index (χ0v) is 21.7. The molecule has 3 aromatic heterocycles. The van der Waals surface area contributed by atoms with Crippen molar-refractivity contribution in [3.63, 3.8) is 0 Å². The number of aromatic nitrogens is 2. The molecule has 1 unspecified atom stereocenters. The van der Waals surface area contributed by atoms with E-state index in [9.17, 15) is 9.59 Å². The van der Waals surface area contributed by atoms with Gasteiger partial charge in [-0.15, -0.1) is 11.3 Å². The van der Waals surface area contributed by atoms with E-state index >= 15 is 0 Å². The second-order valence-electron chi connectivity index (χ2n) is 10.5. The number of nitrogens with one attached hydrogen (secondary N) is 2. The summed E-state index contributed by atoms with van der Waals surface area (Å²) in [5.74, 6) is 0.754. The SMILES string of the molecule is C[C@@H](CNC(=O)N1CCC(c2ccncc2)C1)c1c[nH]c2sc(C(C)(C)C(=O)N3CCCC3)cc12. The Kier molecular flexibility index (Phi) is 6.57. The maximum atomic E-state index is 13.2. The molecule has 2 saturated heterocycles. The topological polar surface area (TPSA) is 81.3 Å². The molecule has 3 amide bonds. The number of hydrogen-bond acceptors (Lipinski definition) is 4. The number of amides is 3. The Morgan fingerprint density at radius 3 is 2.69 bits per heavy atom. The minimum Gasteiger partial charge on any atom is -0.353 e. The Morgan fingerprint density at radius 1 is 1.20 bits per heavy atom. The first-order valence-electron chi connectivity index (χ1n) is 12.7. The third-order valence-electron chi connectivity index (χ3n) is 7.69. The van der Waals surface area contributed by atoms with Crippen LogP contribution in [0.2, 0.25) is 0 Å². The summed E-state index contributed by atoms with van der Waals surface area (Å²) in [6.45, 7) is 10.0. The molecule has 3 aromatic rings. The van der Waals surface area contributed by atoms with Gasteiger partial charge in [-0.05, 0) is 62.4 Å². The summed E-state index contributed by atoms with van der Waals surface area (Å²) in [5, 5.41) is 4.31. The van der Waals surface area contributed by atoms with Crippen LogP contribution in [-0.4, -0.2) is 64.4 Å². The molecule has 35 heavy (non-hydrogen) atoms. The largest absolute Gasteiger partial charge is 0.353 e. The molecule has 8 heteroatoms. The van der Waals surface area contributed by atoms with Crippen molar-refractivity contribution < 1.29 is 9.59 Å². The van der Waals surface area contributed by atoms with E-state index in [0.29, 0.717) is 12.5 Å². The normalized spacial score (nSPS) is 19.5. The number of carbonyl (C=O) groups excluding carboxylic acids is 2. The number of urea groups is 1. The molecule has 5 rings (SSSR count). The summed E-state index contributed by atoms with van der Waals surface area (Å²) in [4.78, 5) is 39.6. The van der Waals surface area contributed by atoms with Crippen LogP contribution in [0.1, 0.15) is 67.9 Å². The number of thiophene rings is 1. The van der Waals surface area contributed by atoms with E-state index in [-0.39, 0.29) is 17.9 Å². The van der Waals surface area contributed by atoms with Gasteiger partial charge in [0.2, 0.25) is 5.91 Å². The summed E-state index contributed by atoms with van der Waals surface area (Å²) in [6.07, 6.45) is 8.86. The van der Waals surface area contributed by atoms with Gasteiger partial charge in [-0.2, -0.15) is 0 Å². The van der Waals surface area contributed by atoms with E-state index in [1.807, 2.05) is 54.4 Å². The van der Waals surface area contributed by atoms with Crippen molar-refractivity contribution in [1.82, 2.24) is 25.1 Å². The minimum atomic E-state index is -0.537. The molecule has 2 N–H and O–H groups in total. The first kappa shape index (κ1) is 23.9. The molecule has 0 aromatic carbocycles. The van der Waals surface area contributed by atoms with Crippen molar-refractivity contribution in [3.05, 3.63) is 52.8 Å². The first-order chi connectivity index (χ1) is 16.8. The molecule has 0 radical (unpaired) electrons. The number of H-pyrrole nitrogens is 1. The Labute approximate surface area is 210 Å². The minimum absolute atomic E-state index is 0.00327. The van der Waals surface area contributed by atoms with E-state index in [1.54, 1.807) is 11.3 Å². The number of fused-ring (bicyclic) bond motifs is 1. The number of likely N-dealkylation sites (tertiary alicyclic amines) is 2. The molecule has 186 valence electrons. The van der Waals surface area contributed by atoms with Crippen molar-refractivity contribution in [2.75, 3.05) is 32.7 Å². The summed E-state index contributed by atoms with van der Waals surface area (Å²) in [7, 11) is 0. The van der Waals surface area contributed by atoms with Crippen LogP contribution in [0.4, 0.5) is 4.79 Å². The molecule has 2 aliphatic rings. The Bertz CT molecular complexity index is 1190. The van der Waals surface area contributed by atoms with Gasteiger partial charge in [0, 0.05) is 73.4 Å². The van der Waals surface area contributed by atoms with E-state index in [1.165, 1.54) is 11.1 Å². The van der Waals surface area contributed by atoms with Gasteiger partial charge < -0.3 is 20.1 Å². The fourth-order valence-corrected chi connectivity index (χ4v) is 6.53. The molecule has 5 heterocycles. The zero-order valence-electron chi connectivity index (χ0n) is 20.8. The van der Waals surface area contributed by atoms with Crippen molar-refractivity contribution in [2.45, 2.75) is 57.3 Å². The highest BCUT2D eigenvalue weighted by Gasteiger charge is 2.37. The third kappa shape index (κ3) is 4.68. The van der Waals surface area contributed by atoms with Crippen LogP contribution >= 0.6 is 11.3 Å². The average Bonchev–Trinajstić information content (AvgIpc) is 3.66. The zero-order chi connectivity index (χ0) is 24.6. The lowest BCUT2D eigenvalue weighted by Gasteiger charge is -2.28. The first-order valence-corrected chi connectivity index (χ1v) is 13.5. The van der Waals surface area contributed by atoms with Crippen LogP contribution in [0.15, 0.2) is 36.8 Å². The van der Waals surface area contributed by atoms with E-state index in [2.05, 4.69) is 28.3 Å². The summed E-state index contributed by atoms with van der Waals surface area (Å²) < 4.78 is 0. The highest BCUT2D eigenvalue weighted by molar-refractivity contribution is 7.19. The van der Waals surface area contributed by atoms with Crippen LogP contribution < -0.4 is 5.32 Å². The van der Waals surface area contributed by atoms with E-state index in [0.717, 1.165) is 60.5 Å². The monoisotopic (exact) mass is 493 g/mol. The summed E-state index contributed by atoms with van der Waals surface area (Å²) in [5.41, 5.74) is 1.89. The van der Waals surface area contributed by atoms with Crippen molar-refractivity contribution >= 4 is 33.5 Å². The number of rotatable bonds is 6. The number of nitrogens with zero attached hydrogens (tertiary/aromatic N) is 3. The fourth-order valence-electron chi connectivity index (χ4n) is 5.38. The van der Waals surface area contributed by atoms with Gasteiger partial charge in [-0.25, -0.2) is 4.79 Å². The van der Waals surface area contributed by atoms with Crippen LogP contribution in [0.3, 0.4) is 0 Å². The third-order valence-corrected chi connectivity index (χ3v) is 9.08. The molecule has 0 spiro atoms. The van der Waals surface area contributed by atoms with Crippen LogP contribution in [0.25, 0.3) is 10.2 Å². The van der Waals surface area contributed by atoms with Crippen LogP contribution in [0, 0.1) is 0 Å². The fraction of sp³-hybridized carbons (Fsp3) is 0.519. The molecule has 2 atom stereocenters. The van der Waals surface area contributed by atoms with Gasteiger partial charge in [-0.3, -0.25) is 9.78 Å².